The molecule has 1 atom stereocenters. The lowest BCUT2D eigenvalue weighted by molar-refractivity contribution is -0.116. The van der Waals surface area contributed by atoms with Gasteiger partial charge in [0.05, 0.1) is 19.4 Å². The fourth-order valence-electron chi connectivity index (χ4n) is 3.78. The van der Waals surface area contributed by atoms with Crippen LogP contribution < -0.4 is 14.8 Å². The van der Waals surface area contributed by atoms with Crippen LogP contribution >= 0.6 is 22.9 Å². The molecule has 6 nitrogen and oxygen atoms in total. The van der Waals surface area contributed by atoms with Crippen molar-refractivity contribution < 1.29 is 24.2 Å². The zero-order valence-corrected chi connectivity index (χ0v) is 18.5. The summed E-state index contributed by atoms with van der Waals surface area (Å²) >= 11 is 7.19. The maximum absolute atomic E-state index is 12.6. The van der Waals surface area contributed by atoms with Gasteiger partial charge in [-0.2, -0.15) is 0 Å². The van der Waals surface area contributed by atoms with Crippen LogP contribution in [0.1, 0.15) is 39.4 Å². The molecule has 2 aromatic carbocycles. The Morgan fingerprint density at radius 1 is 1.23 bits per heavy atom. The minimum atomic E-state index is -1.04. The fourth-order valence-corrected chi connectivity index (χ4v) is 5.15. The molecule has 0 bridgehead atoms. The van der Waals surface area contributed by atoms with Crippen LogP contribution in [0.4, 0.5) is 5.69 Å². The van der Waals surface area contributed by atoms with E-state index in [2.05, 4.69) is 5.32 Å². The Hall–Kier alpha value is -3.03. The number of carboxylic acid groups (broad SMARTS) is 1. The Morgan fingerprint density at radius 3 is 2.61 bits per heavy atom. The molecule has 0 fully saturated rings. The third-order valence-corrected chi connectivity index (χ3v) is 6.67. The van der Waals surface area contributed by atoms with E-state index in [1.807, 2.05) is 19.1 Å². The van der Waals surface area contributed by atoms with Gasteiger partial charge in [0.1, 0.15) is 4.88 Å². The van der Waals surface area contributed by atoms with Crippen LogP contribution in [-0.2, 0) is 4.79 Å². The Kier molecular flexibility index (Phi) is 5.89. The van der Waals surface area contributed by atoms with Crippen LogP contribution in [0.25, 0.3) is 11.1 Å². The molecule has 2 N–H and O–H groups in total. The first-order chi connectivity index (χ1) is 14.9. The standard InChI is InChI=1S/C23H20ClNO5S/c1-3-30-17-10-13(6-9-16(17)29-2)15-11-18(26)25-20-19(12-4-7-14(24)8-5-12)22(23(27)28)31-21(15)20/h4-10,15H,3,11H2,1-2H3,(H,25,26)(H,27,28)/t15-/m0/s1. The lowest BCUT2D eigenvalue weighted by Gasteiger charge is -2.24. The van der Waals surface area contributed by atoms with Gasteiger partial charge >= 0.3 is 5.97 Å². The molecular weight excluding hydrogens is 438 g/mol. The summed E-state index contributed by atoms with van der Waals surface area (Å²) in [6.45, 7) is 2.36. The molecule has 1 aromatic heterocycles. The summed E-state index contributed by atoms with van der Waals surface area (Å²) in [6.07, 6.45) is 0.213. The molecule has 1 amide bonds. The van der Waals surface area contributed by atoms with E-state index in [0.29, 0.717) is 39.9 Å². The molecule has 2 heterocycles. The number of carbonyl (C=O) groups excluding carboxylic acids is 1. The third-order valence-electron chi connectivity index (χ3n) is 5.12. The molecule has 4 rings (SSSR count). The number of hydrogen-bond donors (Lipinski definition) is 2. The zero-order chi connectivity index (χ0) is 22.1. The normalized spacial score (nSPS) is 15.2. The van der Waals surface area contributed by atoms with Crippen molar-refractivity contribution in [3.8, 4) is 22.6 Å². The SMILES string of the molecule is CCOc1cc([C@@H]2CC(=O)Nc3c2sc(C(=O)O)c3-c2ccc(Cl)cc2)ccc1OC. The molecule has 1 aliphatic heterocycles. The highest BCUT2D eigenvalue weighted by molar-refractivity contribution is 7.15. The van der Waals surface area contributed by atoms with E-state index in [-0.39, 0.29) is 23.1 Å². The van der Waals surface area contributed by atoms with Gasteiger partial charge in [-0.25, -0.2) is 4.79 Å². The van der Waals surface area contributed by atoms with Crippen molar-refractivity contribution in [1.29, 1.82) is 0 Å². The van der Waals surface area contributed by atoms with Gasteiger partial charge in [0.2, 0.25) is 5.91 Å². The lowest BCUT2D eigenvalue weighted by Crippen LogP contribution is -2.22. The third kappa shape index (κ3) is 3.98. The number of fused-ring (bicyclic) bond motifs is 1. The molecule has 0 unspecified atom stereocenters. The van der Waals surface area contributed by atoms with Gasteiger partial charge in [0.25, 0.3) is 0 Å². The number of amides is 1. The quantitative estimate of drug-likeness (QED) is 0.499. The van der Waals surface area contributed by atoms with Crippen molar-refractivity contribution in [3.63, 3.8) is 0 Å². The molecule has 3 aromatic rings. The van der Waals surface area contributed by atoms with Gasteiger partial charge in [-0.1, -0.05) is 29.8 Å². The molecule has 160 valence electrons. The van der Waals surface area contributed by atoms with Crippen molar-refractivity contribution in [2.45, 2.75) is 19.3 Å². The number of ether oxygens (including phenoxy) is 2. The second-order valence-corrected chi connectivity index (χ2v) is 8.49. The highest BCUT2D eigenvalue weighted by Gasteiger charge is 2.34. The summed E-state index contributed by atoms with van der Waals surface area (Å²) in [4.78, 5) is 25.7. The number of halogens is 1. The number of hydrogen-bond acceptors (Lipinski definition) is 5. The number of rotatable bonds is 6. The first-order valence-electron chi connectivity index (χ1n) is 9.69. The molecule has 0 saturated heterocycles. The number of methoxy groups -OCH3 is 1. The highest BCUT2D eigenvalue weighted by atomic mass is 35.5. The lowest BCUT2D eigenvalue weighted by atomic mass is 9.88. The van der Waals surface area contributed by atoms with Crippen LogP contribution in [0.2, 0.25) is 5.02 Å². The smallest absolute Gasteiger partial charge is 0.346 e. The molecular formula is C23H20ClNO5S. The van der Waals surface area contributed by atoms with E-state index in [1.54, 1.807) is 37.4 Å². The second kappa shape index (κ2) is 8.61. The first kappa shape index (κ1) is 21.2. The molecule has 0 aliphatic carbocycles. The van der Waals surface area contributed by atoms with Crippen molar-refractivity contribution in [2.75, 3.05) is 19.0 Å². The first-order valence-corrected chi connectivity index (χ1v) is 10.9. The number of aromatic carboxylic acids is 1. The minimum Gasteiger partial charge on any atom is -0.493 e. The van der Waals surface area contributed by atoms with Crippen molar-refractivity contribution in [3.05, 3.63) is 62.8 Å². The minimum absolute atomic E-state index is 0.170. The topological polar surface area (TPSA) is 84.9 Å². The molecule has 0 radical (unpaired) electrons. The van der Waals surface area contributed by atoms with Crippen molar-refractivity contribution in [1.82, 2.24) is 0 Å². The van der Waals surface area contributed by atoms with Crippen LogP contribution in [0, 0.1) is 0 Å². The maximum atomic E-state index is 12.6. The van der Waals surface area contributed by atoms with Crippen LogP contribution in [0.5, 0.6) is 11.5 Å². The van der Waals surface area contributed by atoms with E-state index in [1.165, 1.54) is 11.3 Å². The van der Waals surface area contributed by atoms with Crippen molar-refractivity contribution in [2.24, 2.45) is 0 Å². The maximum Gasteiger partial charge on any atom is 0.346 e. The summed E-state index contributed by atoms with van der Waals surface area (Å²) < 4.78 is 11.1. The van der Waals surface area contributed by atoms with Gasteiger partial charge in [-0.3, -0.25) is 4.79 Å². The van der Waals surface area contributed by atoms with Gasteiger partial charge in [0, 0.05) is 27.8 Å². The molecule has 0 spiro atoms. The number of carboxylic acids is 1. The molecule has 0 saturated carbocycles. The predicted octanol–water partition coefficient (Wildman–Crippen LogP) is 5.65. The Morgan fingerprint density at radius 2 is 1.97 bits per heavy atom. The van der Waals surface area contributed by atoms with Crippen LogP contribution in [-0.4, -0.2) is 30.7 Å². The number of thiophene rings is 1. The van der Waals surface area contributed by atoms with Gasteiger partial charge in [0.15, 0.2) is 11.5 Å². The monoisotopic (exact) mass is 457 g/mol. The predicted molar refractivity (Wildman–Crippen MR) is 121 cm³/mol. The zero-order valence-electron chi connectivity index (χ0n) is 16.9. The summed E-state index contributed by atoms with van der Waals surface area (Å²) in [7, 11) is 1.57. The van der Waals surface area contributed by atoms with Crippen LogP contribution in [0.3, 0.4) is 0 Å². The van der Waals surface area contributed by atoms with Gasteiger partial charge in [-0.05, 0) is 42.3 Å². The van der Waals surface area contributed by atoms with E-state index in [0.717, 1.165) is 10.4 Å². The Bertz CT molecular complexity index is 1160. The summed E-state index contributed by atoms with van der Waals surface area (Å²) in [5, 5.41) is 13.3. The van der Waals surface area contributed by atoms with Gasteiger partial charge in [-0.15, -0.1) is 11.3 Å². The van der Waals surface area contributed by atoms with Gasteiger partial charge < -0.3 is 19.9 Å². The molecule has 1 aliphatic rings. The molecule has 8 heteroatoms. The largest absolute Gasteiger partial charge is 0.493 e. The van der Waals surface area contributed by atoms with Crippen LogP contribution in [0.15, 0.2) is 42.5 Å². The number of nitrogens with one attached hydrogen (secondary N) is 1. The van der Waals surface area contributed by atoms with E-state index in [4.69, 9.17) is 21.1 Å². The molecule has 31 heavy (non-hydrogen) atoms. The summed E-state index contributed by atoms with van der Waals surface area (Å²) in [5.41, 5.74) is 2.59. The Balaban J connectivity index is 1.88. The van der Waals surface area contributed by atoms with E-state index in [9.17, 15) is 14.7 Å². The number of anilines is 1. The highest BCUT2D eigenvalue weighted by Crippen LogP contribution is 2.50. The number of carbonyl (C=O) groups is 2. The Labute approximate surface area is 188 Å². The van der Waals surface area contributed by atoms with E-state index >= 15 is 0 Å². The second-order valence-electron chi connectivity index (χ2n) is 7.01. The van der Waals surface area contributed by atoms with Crippen molar-refractivity contribution >= 4 is 40.5 Å². The average molecular weight is 458 g/mol. The summed E-state index contributed by atoms with van der Waals surface area (Å²) in [5.74, 6) is -0.315. The number of benzene rings is 2. The summed E-state index contributed by atoms with van der Waals surface area (Å²) in [6, 6.07) is 12.5. The van der Waals surface area contributed by atoms with E-state index < -0.39 is 5.97 Å². The average Bonchev–Trinajstić information content (AvgIpc) is 3.13. The fraction of sp³-hybridized carbons (Fsp3) is 0.217.